The molecule has 224 valence electrons. The number of nitrogens with zero attached hydrogens (tertiary/aromatic N) is 2. The molecule has 1 fully saturated rings. The summed E-state index contributed by atoms with van der Waals surface area (Å²) in [4.78, 5) is 5.98. The Morgan fingerprint density at radius 2 is 1.79 bits per heavy atom. The number of allylic oxidation sites excluding steroid dienone is 3. The Balaban J connectivity index is 0.000000819. The van der Waals surface area contributed by atoms with Gasteiger partial charge in [0.2, 0.25) is 0 Å². The SMILES string of the molecule is C=C(/C(C=NC)=C/C)c1cc(C)cc(F)c1N(C)C1CCCCO1.CC.CC(C)CCOCCOCC(C)C. The fourth-order valence-corrected chi connectivity index (χ4v) is 3.98. The van der Waals surface area contributed by atoms with Gasteiger partial charge in [0.05, 0.1) is 18.9 Å². The quantitative estimate of drug-likeness (QED) is 0.141. The minimum Gasteiger partial charge on any atom is -0.379 e. The van der Waals surface area contributed by atoms with Crippen LogP contribution in [0.3, 0.4) is 0 Å². The van der Waals surface area contributed by atoms with Crippen molar-refractivity contribution in [2.45, 2.75) is 87.3 Å². The molecule has 0 aliphatic carbocycles. The van der Waals surface area contributed by atoms with Crippen molar-refractivity contribution in [2.75, 3.05) is 52.0 Å². The molecule has 1 aromatic carbocycles. The summed E-state index contributed by atoms with van der Waals surface area (Å²) >= 11 is 0. The van der Waals surface area contributed by atoms with Crippen LogP contribution in [-0.4, -0.2) is 59.6 Å². The summed E-state index contributed by atoms with van der Waals surface area (Å²) < 4.78 is 31.5. The molecule has 1 heterocycles. The molecule has 5 nitrogen and oxygen atoms in total. The normalized spacial score (nSPS) is 15.6. The fourth-order valence-electron chi connectivity index (χ4n) is 3.98. The largest absolute Gasteiger partial charge is 0.379 e. The maximum Gasteiger partial charge on any atom is 0.147 e. The molecule has 0 aromatic heterocycles. The number of aryl methyl sites for hydroxylation is 1. The van der Waals surface area contributed by atoms with E-state index in [1.807, 2.05) is 51.8 Å². The third-order valence-corrected chi connectivity index (χ3v) is 6.06. The van der Waals surface area contributed by atoms with E-state index in [9.17, 15) is 4.39 Å². The van der Waals surface area contributed by atoms with Crippen LogP contribution in [0.4, 0.5) is 10.1 Å². The van der Waals surface area contributed by atoms with Gasteiger partial charge < -0.3 is 19.1 Å². The molecule has 39 heavy (non-hydrogen) atoms. The van der Waals surface area contributed by atoms with Gasteiger partial charge in [0.25, 0.3) is 0 Å². The van der Waals surface area contributed by atoms with Gasteiger partial charge in [0, 0.05) is 45.7 Å². The van der Waals surface area contributed by atoms with E-state index in [-0.39, 0.29) is 12.0 Å². The number of benzene rings is 1. The zero-order valence-electron chi connectivity index (χ0n) is 26.6. The summed E-state index contributed by atoms with van der Waals surface area (Å²) in [6.07, 6.45) is 7.81. The van der Waals surface area contributed by atoms with Gasteiger partial charge in [-0.2, -0.15) is 0 Å². The van der Waals surface area contributed by atoms with Crippen molar-refractivity contribution in [2.24, 2.45) is 16.8 Å². The average Bonchev–Trinajstić information content (AvgIpc) is 2.91. The molecule has 0 saturated carbocycles. The second-order valence-corrected chi connectivity index (χ2v) is 10.4. The van der Waals surface area contributed by atoms with Gasteiger partial charge in [-0.25, -0.2) is 4.39 Å². The minimum atomic E-state index is -0.244. The number of rotatable bonds is 13. The summed E-state index contributed by atoms with van der Waals surface area (Å²) in [7, 11) is 3.61. The molecule has 0 bridgehead atoms. The Labute approximate surface area is 239 Å². The Morgan fingerprint density at radius 3 is 2.33 bits per heavy atom. The third-order valence-electron chi connectivity index (χ3n) is 6.06. The van der Waals surface area contributed by atoms with Gasteiger partial charge in [0.1, 0.15) is 12.0 Å². The van der Waals surface area contributed by atoms with E-state index in [2.05, 4.69) is 39.3 Å². The molecule has 1 saturated heterocycles. The topological polar surface area (TPSA) is 43.3 Å². The lowest BCUT2D eigenvalue weighted by atomic mass is 9.95. The Hall–Kier alpha value is -2.02. The average molecular weight is 549 g/mol. The lowest BCUT2D eigenvalue weighted by Gasteiger charge is -2.34. The second-order valence-electron chi connectivity index (χ2n) is 10.4. The number of ether oxygens (including phenoxy) is 3. The summed E-state index contributed by atoms with van der Waals surface area (Å²) in [5.74, 6) is 1.11. The maximum absolute atomic E-state index is 14.8. The van der Waals surface area contributed by atoms with Gasteiger partial charge in [-0.3, -0.25) is 4.99 Å². The van der Waals surface area contributed by atoms with Crippen LogP contribution in [0.15, 0.2) is 35.4 Å². The van der Waals surface area contributed by atoms with Crippen LogP contribution in [0.5, 0.6) is 0 Å². The molecule has 0 spiro atoms. The number of aliphatic imine (C=N–C) groups is 1. The molecule has 0 N–H and O–H groups in total. The van der Waals surface area contributed by atoms with Gasteiger partial charge in [-0.1, -0.05) is 54.2 Å². The molecular weight excluding hydrogens is 491 g/mol. The summed E-state index contributed by atoms with van der Waals surface area (Å²) in [5, 5.41) is 0. The van der Waals surface area contributed by atoms with Crippen molar-refractivity contribution in [3.8, 4) is 0 Å². The molecule has 2 rings (SSSR count). The Bertz CT molecular complexity index is 847. The lowest BCUT2D eigenvalue weighted by Crippen LogP contribution is -2.37. The number of halogens is 1. The first-order valence-electron chi connectivity index (χ1n) is 14.7. The zero-order chi connectivity index (χ0) is 29.8. The number of hydrogen-bond acceptors (Lipinski definition) is 5. The van der Waals surface area contributed by atoms with Crippen LogP contribution < -0.4 is 4.90 Å². The van der Waals surface area contributed by atoms with Crippen molar-refractivity contribution >= 4 is 17.5 Å². The van der Waals surface area contributed by atoms with Crippen molar-refractivity contribution in [3.63, 3.8) is 0 Å². The van der Waals surface area contributed by atoms with E-state index >= 15 is 0 Å². The molecule has 1 atom stereocenters. The van der Waals surface area contributed by atoms with Gasteiger partial charge >= 0.3 is 0 Å². The lowest BCUT2D eigenvalue weighted by molar-refractivity contribution is 0.0170. The molecule has 1 aliphatic heterocycles. The zero-order valence-corrected chi connectivity index (χ0v) is 26.6. The molecular formula is C33H57FN2O3. The number of hydrogen-bond donors (Lipinski definition) is 0. The highest BCUT2D eigenvalue weighted by atomic mass is 19.1. The highest BCUT2D eigenvalue weighted by Gasteiger charge is 2.25. The van der Waals surface area contributed by atoms with E-state index < -0.39 is 0 Å². The van der Waals surface area contributed by atoms with E-state index in [0.717, 1.165) is 86.9 Å². The van der Waals surface area contributed by atoms with E-state index in [4.69, 9.17) is 14.2 Å². The summed E-state index contributed by atoms with van der Waals surface area (Å²) in [5.41, 5.74) is 3.86. The molecule has 1 aliphatic rings. The fraction of sp³-hybridized carbons (Fsp3) is 0.667. The summed E-state index contributed by atoms with van der Waals surface area (Å²) in [6.45, 7) is 24.6. The van der Waals surface area contributed by atoms with Crippen molar-refractivity contribution in [3.05, 3.63) is 47.3 Å². The Morgan fingerprint density at radius 1 is 1.13 bits per heavy atom. The van der Waals surface area contributed by atoms with Gasteiger partial charge in [0.15, 0.2) is 0 Å². The highest BCUT2D eigenvalue weighted by molar-refractivity contribution is 6.02. The van der Waals surface area contributed by atoms with Crippen molar-refractivity contribution < 1.29 is 18.6 Å². The van der Waals surface area contributed by atoms with Crippen LogP contribution in [0.25, 0.3) is 5.57 Å². The molecule has 1 unspecified atom stereocenters. The van der Waals surface area contributed by atoms with E-state index in [0.29, 0.717) is 11.6 Å². The summed E-state index contributed by atoms with van der Waals surface area (Å²) in [6, 6.07) is 3.54. The third kappa shape index (κ3) is 14.8. The molecule has 6 heteroatoms. The van der Waals surface area contributed by atoms with Crippen LogP contribution in [0, 0.1) is 24.6 Å². The minimum absolute atomic E-state index is 0.101. The standard InChI is InChI=1S/C20H27FN2O.C11H24O2.C2H6/c1-6-16(13-22-4)15(3)17-11-14(2)12-18(21)20(17)23(5)19-9-7-8-10-24-19;1-10(2)5-6-12-7-8-13-9-11(3)4;1-2/h6,11-13,19H,3,7-10H2,1-2,4-5H3;10-11H,5-9H2,1-4H3;1-2H3/b16-6+,22-13?;;. The maximum atomic E-state index is 14.8. The van der Waals surface area contributed by atoms with Crippen molar-refractivity contribution in [1.82, 2.24) is 0 Å². The predicted octanol–water partition coefficient (Wildman–Crippen LogP) is 8.50. The highest BCUT2D eigenvalue weighted by Crippen LogP contribution is 2.35. The molecule has 0 radical (unpaired) electrons. The van der Waals surface area contributed by atoms with Crippen molar-refractivity contribution in [1.29, 1.82) is 0 Å². The van der Waals surface area contributed by atoms with Crippen LogP contribution in [-0.2, 0) is 14.2 Å². The van der Waals surface area contributed by atoms with Crippen LogP contribution in [0.2, 0.25) is 0 Å². The van der Waals surface area contributed by atoms with Crippen LogP contribution in [0.1, 0.15) is 85.3 Å². The molecule has 0 amide bonds. The van der Waals surface area contributed by atoms with E-state index in [1.54, 1.807) is 19.3 Å². The first kappa shape index (κ1) is 37.0. The van der Waals surface area contributed by atoms with Crippen LogP contribution >= 0.6 is 0 Å². The monoisotopic (exact) mass is 548 g/mol. The molecule has 1 aromatic rings. The van der Waals surface area contributed by atoms with Gasteiger partial charge in [-0.15, -0.1) is 0 Å². The predicted molar refractivity (Wildman–Crippen MR) is 168 cm³/mol. The Kier molecular flexibility index (Phi) is 20.6. The van der Waals surface area contributed by atoms with Gasteiger partial charge in [-0.05, 0) is 80.2 Å². The van der Waals surface area contributed by atoms with E-state index in [1.165, 1.54) is 0 Å². The first-order chi connectivity index (χ1) is 18.6. The smallest absolute Gasteiger partial charge is 0.147 e. The first-order valence-corrected chi connectivity index (χ1v) is 14.7. The number of anilines is 1. The second kappa shape index (κ2) is 21.8.